The standard InChI is InChI=1S/C16H13Cl2N5OS/c1-10(15(24)21-13-6-3-7-19-14(13)18)25-16-22-20-9-23(16)12-5-2-4-11(17)8-12/h2-10H,1H3,(H,21,24). The van der Waals surface area contributed by atoms with Crippen molar-refractivity contribution in [1.82, 2.24) is 19.7 Å². The third-order valence-electron chi connectivity index (χ3n) is 3.27. The third-order valence-corrected chi connectivity index (χ3v) is 4.86. The highest BCUT2D eigenvalue weighted by atomic mass is 35.5. The second kappa shape index (κ2) is 7.86. The number of carbonyl (C=O) groups excluding carboxylic acids is 1. The number of thioether (sulfide) groups is 1. The lowest BCUT2D eigenvalue weighted by Gasteiger charge is -2.13. The lowest BCUT2D eigenvalue weighted by Crippen LogP contribution is -2.23. The molecule has 1 amide bonds. The van der Waals surface area contributed by atoms with E-state index in [4.69, 9.17) is 23.2 Å². The fourth-order valence-corrected chi connectivity index (χ4v) is 3.23. The van der Waals surface area contributed by atoms with Crippen LogP contribution >= 0.6 is 35.0 Å². The highest BCUT2D eigenvalue weighted by Crippen LogP contribution is 2.26. The van der Waals surface area contributed by atoms with Gasteiger partial charge in [0.1, 0.15) is 6.33 Å². The predicted molar refractivity (Wildman–Crippen MR) is 99.6 cm³/mol. The minimum Gasteiger partial charge on any atom is -0.322 e. The maximum atomic E-state index is 12.4. The van der Waals surface area contributed by atoms with E-state index in [1.165, 1.54) is 11.8 Å². The largest absolute Gasteiger partial charge is 0.322 e. The molecule has 1 N–H and O–H groups in total. The van der Waals surface area contributed by atoms with Crippen LogP contribution in [0.5, 0.6) is 0 Å². The summed E-state index contributed by atoms with van der Waals surface area (Å²) in [6.07, 6.45) is 3.14. The molecular formula is C16H13Cl2N5OS. The van der Waals surface area contributed by atoms with Gasteiger partial charge in [-0.1, -0.05) is 41.0 Å². The van der Waals surface area contributed by atoms with Gasteiger partial charge in [-0.15, -0.1) is 10.2 Å². The molecule has 0 saturated carbocycles. The Labute approximate surface area is 158 Å². The molecule has 0 spiro atoms. The molecule has 6 nitrogen and oxygen atoms in total. The average Bonchev–Trinajstić information content (AvgIpc) is 3.05. The van der Waals surface area contributed by atoms with Crippen LogP contribution in [0.3, 0.4) is 0 Å². The van der Waals surface area contributed by atoms with E-state index in [9.17, 15) is 4.79 Å². The number of amides is 1. The van der Waals surface area contributed by atoms with Crippen LogP contribution in [0.15, 0.2) is 54.1 Å². The summed E-state index contributed by atoms with van der Waals surface area (Å²) in [7, 11) is 0. The quantitative estimate of drug-likeness (QED) is 0.521. The van der Waals surface area contributed by atoms with E-state index in [1.54, 1.807) is 48.3 Å². The number of aromatic nitrogens is 4. The van der Waals surface area contributed by atoms with Gasteiger partial charge >= 0.3 is 0 Å². The summed E-state index contributed by atoms with van der Waals surface area (Å²) >= 11 is 13.3. The Bertz CT molecular complexity index is 901. The Kier molecular flexibility index (Phi) is 5.57. The van der Waals surface area contributed by atoms with Gasteiger partial charge in [0.25, 0.3) is 0 Å². The molecule has 1 aromatic carbocycles. The van der Waals surface area contributed by atoms with Gasteiger partial charge in [0.2, 0.25) is 5.91 Å². The smallest absolute Gasteiger partial charge is 0.237 e. The van der Waals surface area contributed by atoms with Crippen LogP contribution in [0.1, 0.15) is 6.92 Å². The molecule has 2 heterocycles. The molecule has 0 fully saturated rings. The summed E-state index contributed by atoms with van der Waals surface area (Å²) in [5.74, 6) is -0.208. The van der Waals surface area contributed by atoms with Crippen LogP contribution in [0.2, 0.25) is 10.2 Å². The fourth-order valence-electron chi connectivity index (χ4n) is 2.03. The van der Waals surface area contributed by atoms with Gasteiger partial charge < -0.3 is 5.32 Å². The number of nitrogens with one attached hydrogen (secondary N) is 1. The lowest BCUT2D eigenvalue weighted by atomic mass is 10.3. The first-order valence-corrected chi connectivity index (χ1v) is 8.92. The molecule has 2 aromatic heterocycles. The number of pyridine rings is 1. The average molecular weight is 394 g/mol. The second-order valence-electron chi connectivity index (χ2n) is 5.05. The number of halogens is 2. The highest BCUT2D eigenvalue weighted by molar-refractivity contribution is 8.00. The van der Waals surface area contributed by atoms with Crippen LogP contribution in [0.25, 0.3) is 5.69 Å². The highest BCUT2D eigenvalue weighted by Gasteiger charge is 2.19. The normalized spacial score (nSPS) is 12.0. The number of anilines is 1. The Morgan fingerprint density at radius 1 is 1.28 bits per heavy atom. The number of carbonyl (C=O) groups is 1. The van der Waals surface area contributed by atoms with Crippen molar-refractivity contribution < 1.29 is 4.79 Å². The molecule has 0 radical (unpaired) electrons. The number of hydrogen-bond acceptors (Lipinski definition) is 5. The summed E-state index contributed by atoms with van der Waals surface area (Å²) in [5, 5.41) is 11.8. The zero-order valence-electron chi connectivity index (χ0n) is 13.1. The van der Waals surface area contributed by atoms with E-state index in [-0.39, 0.29) is 11.1 Å². The van der Waals surface area contributed by atoms with Crippen LogP contribution in [-0.2, 0) is 4.79 Å². The SMILES string of the molecule is CC(Sc1nncn1-c1cccc(Cl)c1)C(=O)Nc1cccnc1Cl. The van der Waals surface area contributed by atoms with E-state index in [2.05, 4.69) is 20.5 Å². The Balaban J connectivity index is 1.74. The molecule has 3 aromatic rings. The number of nitrogens with zero attached hydrogens (tertiary/aromatic N) is 4. The van der Waals surface area contributed by atoms with Crippen molar-refractivity contribution >= 4 is 46.6 Å². The zero-order valence-corrected chi connectivity index (χ0v) is 15.4. The van der Waals surface area contributed by atoms with Gasteiger partial charge in [0, 0.05) is 11.2 Å². The fraction of sp³-hybridized carbons (Fsp3) is 0.125. The molecule has 1 unspecified atom stereocenters. The molecule has 3 rings (SSSR count). The summed E-state index contributed by atoms with van der Waals surface area (Å²) < 4.78 is 1.78. The predicted octanol–water partition coefficient (Wildman–Crippen LogP) is 4.09. The third kappa shape index (κ3) is 4.31. The first-order chi connectivity index (χ1) is 12.0. The van der Waals surface area contributed by atoms with Gasteiger partial charge in [-0.25, -0.2) is 4.98 Å². The maximum Gasteiger partial charge on any atom is 0.237 e. The van der Waals surface area contributed by atoms with Crippen molar-refractivity contribution in [1.29, 1.82) is 0 Å². The van der Waals surface area contributed by atoms with Gasteiger partial charge in [-0.3, -0.25) is 9.36 Å². The van der Waals surface area contributed by atoms with Crippen molar-refractivity contribution in [2.75, 3.05) is 5.32 Å². The minimum absolute atomic E-state index is 0.208. The van der Waals surface area contributed by atoms with Crippen LogP contribution < -0.4 is 5.32 Å². The van der Waals surface area contributed by atoms with E-state index < -0.39 is 5.25 Å². The zero-order chi connectivity index (χ0) is 17.8. The number of benzene rings is 1. The first-order valence-electron chi connectivity index (χ1n) is 7.28. The molecule has 0 bridgehead atoms. The Morgan fingerprint density at radius 2 is 2.12 bits per heavy atom. The number of rotatable bonds is 5. The molecule has 0 aliphatic rings. The maximum absolute atomic E-state index is 12.4. The van der Waals surface area contributed by atoms with Crippen molar-refractivity contribution in [3.8, 4) is 5.69 Å². The van der Waals surface area contributed by atoms with Crippen LogP contribution in [0, 0.1) is 0 Å². The van der Waals surface area contributed by atoms with E-state index >= 15 is 0 Å². The molecule has 0 saturated heterocycles. The topological polar surface area (TPSA) is 72.7 Å². The van der Waals surface area contributed by atoms with E-state index in [0.717, 1.165) is 5.69 Å². The first kappa shape index (κ1) is 17.7. The van der Waals surface area contributed by atoms with Crippen molar-refractivity contribution in [2.24, 2.45) is 0 Å². The summed E-state index contributed by atoms with van der Waals surface area (Å²) in [4.78, 5) is 16.3. The van der Waals surface area contributed by atoms with Crippen molar-refractivity contribution in [2.45, 2.75) is 17.3 Å². The molecule has 25 heavy (non-hydrogen) atoms. The molecular weight excluding hydrogens is 381 g/mol. The Hall–Kier alpha value is -2.09. The van der Waals surface area contributed by atoms with Gasteiger partial charge in [-0.05, 0) is 37.3 Å². The molecule has 0 aliphatic carbocycles. The summed E-state index contributed by atoms with van der Waals surface area (Å²) in [6.45, 7) is 1.78. The lowest BCUT2D eigenvalue weighted by molar-refractivity contribution is -0.115. The van der Waals surface area contributed by atoms with Crippen LogP contribution in [0.4, 0.5) is 5.69 Å². The van der Waals surface area contributed by atoms with Crippen molar-refractivity contribution in [3.05, 3.63) is 59.1 Å². The molecule has 9 heteroatoms. The van der Waals surface area contributed by atoms with E-state index in [0.29, 0.717) is 15.9 Å². The monoisotopic (exact) mass is 393 g/mol. The molecule has 0 aliphatic heterocycles. The second-order valence-corrected chi connectivity index (χ2v) is 7.16. The minimum atomic E-state index is -0.418. The molecule has 128 valence electrons. The summed E-state index contributed by atoms with van der Waals surface area (Å²) in [5.41, 5.74) is 1.29. The number of hydrogen-bond donors (Lipinski definition) is 1. The van der Waals surface area contributed by atoms with Crippen LogP contribution in [-0.4, -0.2) is 30.9 Å². The Morgan fingerprint density at radius 3 is 2.88 bits per heavy atom. The molecule has 1 atom stereocenters. The van der Waals surface area contributed by atoms with Gasteiger partial charge in [-0.2, -0.15) is 0 Å². The van der Waals surface area contributed by atoms with Gasteiger partial charge in [0.05, 0.1) is 16.6 Å². The van der Waals surface area contributed by atoms with Gasteiger partial charge in [0.15, 0.2) is 10.3 Å². The van der Waals surface area contributed by atoms with E-state index in [1.807, 2.05) is 12.1 Å². The summed E-state index contributed by atoms with van der Waals surface area (Å²) in [6, 6.07) is 10.7. The van der Waals surface area contributed by atoms with Crippen molar-refractivity contribution in [3.63, 3.8) is 0 Å².